The Morgan fingerprint density at radius 3 is 2.89 bits per heavy atom. The molecule has 4 heterocycles. The second-order valence-electron chi connectivity index (χ2n) is 6.71. The summed E-state index contributed by atoms with van der Waals surface area (Å²) < 4.78 is 16.5. The number of piperidine rings is 1. The monoisotopic (exact) mass is 365 g/mol. The van der Waals surface area contributed by atoms with Crippen molar-refractivity contribution in [3.05, 3.63) is 54.1 Å². The van der Waals surface area contributed by atoms with Crippen LogP contribution in [0.4, 0.5) is 5.82 Å². The molecule has 3 aromatic rings. The highest BCUT2D eigenvalue weighted by atomic mass is 16.7. The number of aromatic nitrogens is 4. The van der Waals surface area contributed by atoms with Crippen molar-refractivity contribution in [2.45, 2.75) is 25.2 Å². The number of rotatable bonds is 4. The Kier molecular flexibility index (Phi) is 4.08. The van der Waals surface area contributed by atoms with E-state index in [1.54, 1.807) is 12.5 Å². The number of hydrogen-bond donors (Lipinski definition) is 0. The van der Waals surface area contributed by atoms with Crippen LogP contribution in [0.5, 0.6) is 11.5 Å². The third-order valence-corrected chi connectivity index (χ3v) is 5.05. The van der Waals surface area contributed by atoms with Gasteiger partial charge in [-0.15, -0.1) is 0 Å². The van der Waals surface area contributed by atoms with Crippen LogP contribution in [0.15, 0.2) is 41.3 Å². The molecule has 0 atom stereocenters. The zero-order chi connectivity index (χ0) is 18.1. The first-order valence-corrected chi connectivity index (χ1v) is 9.08. The van der Waals surface area contributed by atoms with Crippen LogP contribution in [0, 0.1) is 0 Å². The van der Waals surface area contributed by atoms with Gasteiger partial charge in [-0.2, -0.15) is 4.98 Å². The number of anilines is 1. The molecule has 0 N–H and O–H groups in total. The molecular weight excluding hydrogens is 346 g/mol. The molecule has 0 spiro atoms. The Bertz CT molecular complexity index is 922. The van der Waals surface area contributed by atoms with E-state index in [9.17, 15) is 0 Å². The summed E-state index contributed by atoms with van der Waals surface area (Å²) in [6, 6.07) is 7.80. The molecule has 27 heavy (non-hydrogen) atoms. The predicted octanol–water partition coefficient (Wildman–Crippen LogP) is 2.56. The van der Waals surface area contributed by atoms with Crippen LogP contribution in [0.2, 0.25) is 0 Å². The fourth-order valence-corrected chi connectivity index (χ4v) is 3.63. The molecule has 0 bridgehead atoms. The molecular formula is C19H19N5O3. The topological polar surface area (TPSA) is 86.4 Å². The Balaban J connectivity index is 1.25. The quantitative estimate of drug-likeness (QED) is 0.697. The molecule has 2 aliphatic rings. The maximum absolute atomic E-state index is 5.56. The third kappa shape index (κ3) is 3.18. The first-order chi connectivity index (χ1) is 13.4. The maximum atomic E-state index is 5.56. The lowest BCUT2D eigenvalue weighted by atomic mass is 9.97. The maximum Gasteiger partial charge on any atom is 0.231 e. The molecule has 0 amide bonds. The fraction of sp³-hybridized carbons (Fsp3) is 0.368. The van der Waals surface area contributed by atoms with Crippen molar-refractivity contribution >= 4 is 5.82 Å². The van der Waals surface area contributed by atoms with Crippen LogP contribution < -0.4 is 14.4 Å². The van der Waals surface area contributed by atoms with Crippen molar-refractivity contribution in [2.75, 3.05) is 24.8 Å². The van der Waals surface area contributed by atoms with Crippen molar-refractivity contribution < 1.29 is 14.0 Å². The molecule has 0 unspecified atom stereocenters. The van der Waals surface area contributed by atoms with Crippen LogP contribution in [-0.4, -0.2) is 40.0 Å². The Hall–Kier alpha value is -3.16. The van der Waals surface area contributed by atoms with Gasteiger partial charge in [0, 0.05) is 37.2 Å². The summed E-state index contributed by atoms with van der Waals surface area (Å²) in [7, 11) is 0. The summed E-state index contributed by atoms with van der Waals surface area (Å²) in [5.74, 6) is 4.19. The molecule has 1 fully saturated rings. The second-order valence-corrected chi connectivity index (χ2v) is 6.71. The highest BCUT2D eigenvalue weighted by molar-refractivity contribution is 5.49. The average Bonchev–Trinajstić information content (AvgIpc) is 3.39. The van der Waals surface area contributed by atoms with Crippen molar-refractivity contribution in [1.29, 1.82) is 0 Å². The largest absolute Gasteiger partial charge is 0.454 e. The first-order valence-electron chi connectivity index (χ1n) is 9.08. The Morgan fingerprint density at radius 1 is 1.11 bits per heavy atom. The molecule has 8 nitrogen and oxygen atoms in total. The van der Waals surface area contributed by atoms with Gasteiger partial charge in [0.1, 0.15) is 12.1 Å². The number of hydrogen-bond acceptors (Lipinski definition) is 8. The van der Waals surface area contributed by atoms with Crippen LogP contribution >= 0.6 is 0 Å². The van der Waals surface area contributed by atoms with E-state index in [0.29, 0.717) is 12.2 Å². The van der Waals surface area contributed by atoms with Gasteiger partial charge in [0.2, 0.25) is 12.7 Å². The molecule has 1 saturated heterocycles. The third-order valence-electron chi connectivity index (χ3n) is 5.05. The van der Waals surface area contributed by atoms with Crippen molar-refractivity contribution in [1.82, 2.24) is 20.1 Å². The highest BCUT2D eigenvalue weighted by Gasteiger charge is 2.26. The van der Waals surface area contributed by atoms with Gasteiger partial charge >= 0.3 is 0 Å². The standard InChI is InChI=1S/C19H19N5O3/c1-2-14(18-15(3-1)25-12-26-18)10-16-22-19(27-23-16)13-5-8-24(9-6-13)17-4-7-20-11-21-17/h1-4,7,11,13H,5-6,8-10,12H2. The van der Waals surface area contributed by atoms with Gasteiger partial charge in [0.15, 0.2) is 17.3 Å². The number of benzene rings is 1. The summed E-state index contributed by atoms with van der Waals surface area (Å²) in [6.07, 6.45) is 5.84. The first kappa shape index (κ1) is 16.0. The Labute approximate surface area is 156 Å². The van der Waals surface area contributed by atoms with Crippen molar-refractivity contribution in [2.24, 2.45) is 0 Å². The molecule has 2 aliphatic heterocycles. The van der Waals surface area contributed by atoms with Gasteiger partial charge in [-0.25, -0.2) is 9.97 Å². The van der Waals surface area contributed by atoms with Gasteiger partial charge in [-0.05, 0) is 25.0 Å². The minimum absolute atomic E-state index is 0.259. The summed E-state index contributed by atoms with van der Waals surface area (Å²) in [4.78, 5) is 15.2. The molecule has 1 aromatic carbocycles. The van der Waals surface area contributed by atoms with Crippen LogP contribution in [-0.2, 0) is 6.42 Å². The van der Waals surface area contributed by atoms with Gasteiger partial charge in [0.05, 0.1) is 0 Å². The second kappa shape index (κ2) is 6.86. The smallest absolute Gasteiger partial charge is 0.231 e. The highest BCUT2D eigenvalue weighted by Crippen LogP contribution is 2.36. The lowest BCUT2D eigenvalue weighted by Gasteiger charge is -2.31. The number of fused-ring (bicyclic) bond motifs is 1. The van der Waals surface area contributed by atoms with Gasteiger partial charge < -0.3 is 18.9 Å². The average molecular weight is 365 g/mol. The van der Waals surface area contributed by atoms with Crippen LogP contribution in [0.1, 0.15) is 36.0 Å². The van der Waals surface area contributed by atoms with E-state index in [0.717, 1.165) is 54.7 Å². The number of para-hydroxylation sites is 1. The van der Waals surface area contributed by atoms with Crippen molar-refractivity contribution in [3.8, 4) is 11.5 Å². The van der Waals surface area contributed by atoms with E-state index >= 15 is 0 Å². The number of ether oxygens (including phenoxy) is 2. The normalized spacial score (nSPS) is 16.7. The summed E-state index contributed by atoms with van der Waals surface area (Å²) in [5, 5.41) is 4.17. The summed E-state index contributed by atoms with van der Waals surface area (Å²) in [5.41, 5.74) is 1.01. The van der Waals surface area contributed by atoms with Gasteiger partial charge in [-0.1, -0.05) is 17.3 Å². The van der Waals surface area contributed by atoms with E-state index < -0.39 is 0 Å². The fourth-order valence-electron chi connectivity index (χ4n) is 3.63. The van der Waals surface area contributed by atoms with Gasteiger partial charge in [-0.3, -0.25) is 0 Å². The SMILES string of the molecule is c1cc(Cc2noc(C3CCN(c4ccncn4)CC3)n2)c2c(c1)OCO2. The molecule has 5 rings (SSSR count). The van der Waals surface area contributed by atoms with Gasteiger partial charge in [0.25, 0.3) is 0 Å². The zero-order valence-electron chi connectivity index (χ0n) is 14.7. The minimum atomic E-state index is 0.259. The van der Waals surface area contributed by atoms with Crippen LogP contribution in [0.3, 0.4) is 0 Å². The van der Waals surface area contributed by atoms with E-state index in [1.807, 2.05) is 24.3 Å². The summed E-state index contributed by atoms with van der Waals surface area (Å²) in [6.45, 7) is 2.09. The predicted molar refractivity (Wildman–Crippen MR) is 95.9 cm³/mol. The summed E-state index contributed by atoms with van der Waals surface area (Å²) >= 11 is 0. The molecule has 0 saturated carbocycles. The zero-order valence-corrected chi connectivity index (χ0v) is 14.7. The number of nitrogens with zero attached hydrogens (tertiary/aromatic N) is 5. The van der Waals surface area contributed by atoms with Crippen LogP contribution in [0.25, 0.3) is 0 Å². The lowest BCUT2D eigenvalue weighted by Crippen LogP contribution is -2.33. The van der Waals surface area contributed by atoms with E-state index in [1.165, 1.54) is 0 Å². The molecule has 0 radical (unpaired) electrons. The molecule has 8 heteroatoms. The molecule has 2 aromatic heterocycles. The molecule has 0 aliphatic carbocycles. The van der Waals surface area contributed by atoms with E-state index in [4.69, 9.17) is 14.0 Å². The Morgan fingerprint density at radius 2 is 2.04 bits per heavy atom. The van der Waals surface area contributed by atoms with Crippen molar-refractivity contribution in [3.63, 3.8) is 0 Å². The minimum Gasteiger partial charge on any atom is -0.454 e. The lowest BCUT2D eigenvalue weighted by molar-refractivity contribution is 0.173. The van der Waals surface area contributed by atoms with E-state index in [-0.39, 0.29) is 12.7 Å². The van der Waals surface area contributed by atoms with E-state index in [2.05, 4.69) is 25.0 Å². The molecule has 138 valence electrons.